The molecule has 0 amide bonds. The first-order valence-electron chi connectivity index (χ1n) is 9.02. The number of hydrogen-bond acceptors (Lipinski definition) is 9. The van der Waals surface area contributed by atoms with Gasteiger partial charge in [0, 0.05) is 5.02 Å². The smallest absolute Gasteiger partial charge is 0.348 e. The SMILES string of the molecule is CCOC(=O)c1sc2nc(CC(=O)OC)nc(Nc3cc(Cl)ccc3OC)c2c1C. The lowest BCUT2D eigenvalue weighted by atomic mass is 10.2. The average molecular weight is 450 g/mol. The molecule has 0 aliphatic carbocycles. The molecule has 0 bridgehead atoms. The van der Waals surface area contributed by atoms with Crippen molar-refractivity contribution in [3.63, 3.8) is 0 Å². The molecule has 2 heterocycles. The van der Waals surface area contributed by atoms with Crippen LogP contribution in [0.15, 0.2) is 18.2 Å². The van der Waals surface area contributed by atoms with Crippen molar-refractivity contribution in [2.24, 2.45) is 0 Å². The van der Waals surface area contributed by atoms with Crippen LogP contribution >= 0.6 is 22.9 Å². The third-order valence-electron chi connectivity index (χ3n) is 4.24. The Morgan fingerprint density at radius 2 is 2.00 bits per heavy atom. The predicted molar refractivity (Wildman–Crippen MR) is 115 cm³/mol. The number of carbonyl (C=O) groups excluding carboxylic acids is 2. The average Bonchev–Trinajstić information content (AvgIpc) is 3.05. The van der Waals surface area contributed by atoms with Crippen LogP contribution in [0, 0.1) is 6.92 Å². The molecule has 0 aliphatic heterocycles. The van der Waals surface area contributed by atoms with Crippen LogP contribution in [0.4, 0.5) is 11.5 Å². The molecule has 3 aromatic rings. The molecule has 2 aromatic heterocycles. The molecular formula is C20H20ClN3O5S. The summed E-state index contributed by atoms with van der Waals surface area (Å²) in [6, 6.07) is 5.13. The van der Waals surface area contributed by atoms with E-state index in [1.54, 1.807) is 39.2 Å². The first kappa shape index (κ1) is 21.8. The van der Waals surface area contributed by atoms with Crippen LogP contribution in [0.25, 0.3) is 10.2 Å². The number of ether oxygens (including phenoxy) is 3. The van der Waals surface area contributed by atoms with Crippen LogP contribution in [-0.2, 0) is 20.7 Å². The van der Waals surface area contributed by atoms with Gasteiger partial charge in [0.1, 0.15) is 33.5 Å². The Kier molecular flexibility index (Phi) is 6.73. The Balaban J connectivity index is 2.18. The zero-order chi connectivity index (χ0) is 21.8. The van der Waals surface area contributed by atoms with Crippen molar-refractivity contribution in [1.29, 1.82) is 0 Å². The molecule has 0 saturated carbocycles. The number of hydrogen-bond donors (Lipinski definition) is 1. The van der Waals surface area contributed by atoms with Gasteiger partial charge in [0.2, 0.25) is 0 Å². The van der Waals surface area contributed by atoms with Gasteiger partial charge < -0.3 is 19.5 Å². The molecule has 30 heavy (non-hydrogen) atoms. The lowest BCUT2D eigenvalue weighted by Gasteiger charge is -2.13. The number of carbonyl (C=O) groups is 2. The fourth-order valence-corrected chi connectivity index (χ4v) is 4.12. The molecule has 0 spiro atoms. The number of esters is 2. The monoisotopic (exact) mass is 449 g/mol. The summed E-state index contributed by atoms with van der Waals surface area (Å²) in [7, 11) is 2.84. The van der Waals surface area contributed by atoms with Gasteiger partial charge in [-0.3, -0.25) is 4.79 Å². The third-order valence-corrected chi connectivity index (χ3v) is 5.64. The number of aromatic nitrogens is 2. The Hall–Kier alpha value is -2.91. The van der Waals surface area contributed by atoms with Crippen molar-refractivity contribution in [1.82, 2.24) is 9.97 Å². The van der Waals surface area contributed by atoms with Gasteiger partial charge in [0.05, 0.1) is 31.9 Å². The summed E-state index contributed by atoms with van der Waals surface area (Å²) >= 11 is 7.32. The minimum Gasteiger partial charge on any atom is -0.495 e. The molecule has 3 rings (SSSR count). The zero-order valence-corrected chi connectivity index (χ0v) is 18.4. The van der Waals surface area contributed by atoms with Crippen LogP contribution in [0.3, 0.4) is 0 Å². The van der Waals surface area contributed by atoms with Crippen molar-refractivity contribution in [3.05, 3.63) is 39.5 Å². The van der Waals surface area contributed by atoms with Crippen molar-refractivity contribution in [2.75, 3.05) is 26.1 Å². The summed E-state index contributed by atoms with van der Waals surface area (Å²) in [6.07, 6.45) is -0.112. The van der Waals surface area contributed by atoms with Gasteiger partial charge in [0.25, 0.3) is 0 Å². The summed E-state index contributed by atoms with van der Waals surface area (Å²) in [5.74, 6) is 0.329. The van der Waals surface area contributed by atoms with Gasteiger partial charge in [0.15, 0.2) is 0 Å². The molecule has 158 valence electrons. The van der Waals surface area contributed by atoms with E-state index in [0.717, 1.165) is 0 Å². The maximum Gasteiger partial charge on any atom is 0.348 e. The highest BCUT2D eigenvalue weighted by atomic mass is 35.5. The van der Waals surface area contributed by atoms with Crippen LogP contribution in [0.5, 0.6) is 5.75 Å². The lowest BCUT2D eigenvalue weighted by molar-refractivity contribution is -0.139. The van der Waals surface area contributed by atoms with E-state index in [4.69, 9.17) is 25.8 Å². The lowest BCUT2D eigenvalue weighted by Crippen LogP contribution is -2.09. The second-order valence-corrected chi connectivity index (χ2v) is 7.60. The minimum absolute atomic E-state index is 0.112. The standard InChI is InChI=1S/C20H20ClN3O5S/c1-5-29-20(26)17-10(2)16-18(22-12-8-11(21)6-7-13(12)27-3)23-14(9-15(25)28-4)24-19(16)30-17/h6-8H,5,9H2,1-4H3,(H,22,23,24). The van der Waals surface area contributed by atoms with Crippen LogP contribution < -0.4 is 10.1 Å². The summed E-state index contributed by atoms with van der Waals surface area (Å²) < 4.78 is 15.3. The summed E-state index contributed by atoms with van der Waals surface area (Å²) in [4.78, 5) is 34.1. The number of anilines is 2. The van der Waals surface area contributed by atoms with Crippen molar-refractivity contribution in [3.8, 4) is 5.75 Å². The van der Waals surface area contributed by atoms with Gasteiger partial charge in [-0.15, -0.1) is 11.3 Å². The summed E-state index contributed by atoms with van der Waals surface area (Å²) in [5.41, 5.74) is 1.26. The maximum absolute atomic E-state index is 12.4. The van der Waals surface area contributed by atoms with Crippen molar-refractivity contribution >= 4 is 56.6 Å². The van der Waals surface area contributed by atoms with E-state index in [9.17, 15) is 9.59 Å². The number of benzene rings is 1. The highest BCUT2D eigenvalue weighted by molar-refractivity contribution is 7.20. The van der Waals surface area contributed by atoms with E-state index < -0.39 is 11.9 Å². The number of halogens is 1. The fraction of sp³-hybridized carbons (Fsp3) is 0.300. The van der Waals surface area contributed by atoms with E-state index in [0.29, 0.717) is 42.9 Å². The second kappa shape index (κ2) is 9.27. The minimum atomic E-state index is -0.473. The number of methoxy groups -OCH3 is 2. The maximum atomic E-state index is 12.4. The van der Waals surface area contributed by atoms with Crippen LogP contribution in [0.2, 0.25) is 5.02 Å². The fourth-order valence-electron chi connectivity index (χ4n) is 2.85. The highest BCUT2D eigenvalue weighted by Crippen LogP contribution is 2.37. The molecule has 0 aliphatic rings. The first-order valence-corrected chi connectivity index (χ1v) is 10.2. The van der Waals surface area contributed by atoms with E-state index in [1.165, 1.54) is 18.4 Å². The number of nitrogens with one attached hydrogen (secondary N) is 1. The van der Waals surface area contributed by atoms with Gasteiger partial charge >= 0.3 is 11.9 Å². The highest BCUT2D eigenvalue weighted by Gasteiger charge is 2.23. The topological polar surface area (TPSA) is 99.6 Å². The Morgan fingerprint density at radius 3 is 2.67 bits per heavy atom. The van der Waals surface area contributed by atoms with Gasteiger partial charge in [-0.2, -0.15) is 0 Å². The third kappa shape index (κ3) is 4.47. The van der Waals surface area contributed by atoms with E-state index in [2.05, 4.69) is 15.3 Å². The Morgan fingerprint density at radius 1 is 1.23 bits per heavy atom. The molecule has 0 fully saturated rings. The van der Waals surface area contributed by atoms with Crippen LogP contribution in [0.1, 0.15) is 28.0 Å². The summed E-state index contributed by atoms with van der Waals surface area (Å²) in [5, 5.41) is 4.36. The van der Waals surface area contributed by atoms with Gasteiger partial charge in [-0.25, -0.2) is 14.8 Å². The van der Waals surface area contributed by atoms with Gasteiger partial charge in [-0.1, -0.05) is 11.6 Å². The first-order chi connectivity index (χ1) is 14.4. The molecular weight excluding hydrogens is 430 g/mol. The molecule has 8 nitrogen and oxygen atoms in total. The molecule has 10 heteroatoms. The Bertz CT molecular complexity index is 1120. The molecule has 0 radical (unpaired) electrons. The number of thiophene rings is 1. The number of nitrogens with zero attached hydrogens (tertiary/aromatic N) is 2. The van der Waals surface area contributed by atoms with Crippen LogP contribution in [-0.4, -0.2) is 42.7 Å². The molecule has 1 aromatic carbocycles. The quantitative estimate of drug-likeness (QED) is 0.533. The summed E-state index contributed by atoms with van der Waals surface area (Å²) in [6.45, 7) is 3.80. The number of fused-ring (bicyclic) bond motifs is 1. The Labute approximate surface area is 182 Å². The predicted octanol–water partition coefficient (Wildman–Crippen LogP) is 4.30. The molecule has 0 atom stereocenters. The molecule has 0 unspecified atom stereocenters. The zero-order valence-electron chi connectivity index (χ0n) is 16.9. The molecule has 1 N–H and O–H groups in total. The van der Waals surface area contributed by atoms with E-state index in [-0.39, 0.29) is 18.9 Å². The van der Waals surface area contributed by atoms with Crippen molar-refractivity contribution in [2.45, 2.75) is 20.3 Å². The largest absolute Gasteiger partial charge is 0.495 e. The van der Waals surface area contributed by atoms with Crippen molar-refractivity contribution < 1.29 is 23.8 Å². The normalized spacial score (nSPS) is 10.7. The second-order valence-electron chi connectivity index (χ2n) is 6.17. The number of aryl methyl sites for hydroxylation is 1. The van der Waals surface area contributed by atoms with E-state index in [1.807, 2.05) is 0 Å². The van der Waals surface area contributed by atoms with Gasteiger partial charge in [-0.05, 0) is 37.6 Å². The van der Waals surface area contributed by atoms with E-state index >= 15 is 0 Å². The molecule has 0 saturated heterocycles. The number of rotatable bonds is 7.